The van der Waals surface area contributed by atoms with E-state index in [-0.39, 0.29) is 47.8 Å². The molecule has 4 rings (SSSR count). The highest BCUT2D eigenvalue weighted by molar-refractivity contribution is 6.10. The number of benzene rings is 1. The summed E-state index contributed by atoms with van der Waals surface area (Å²) in [6.07, 6.45) is 4.28. The largest absolute Gasteiger partial charge is 0.481 e. The van der Waals surface area contributed by atoms with Crippen LogP contribution < -0.4 is 15.4 Å². The van der Waals surface area contributed by atoms with Gasteiger partial charge in [0.2, 0.25) is 5.88 Å². The van der Waals surface area contributed by atoms with E-state index < -0.39 is 23.8 Å². The Bertz CT molecular complexity index is 1010. The van der Waals surface area contributed by atoms with E-state index in [9.17, 15) is 9.59 Å². The summed E-state index contributed by atoms with van der Waals surface area (Å²) in [5, 5.41) is 8.97. The number of carboxylic acid groups (broad SMARTS) is 1. The van der Waals surface area contributed by atoms with Crippen LogP contribution in [0, 0.1) is 11.7 Å². The first kappa shape index (κ1) is 21.0. The lowest BCUT2D eigenvalue weighted by Gasteiger charge is -2.29. The molecule has 1 atom stereocenters. The zero-order valence-corrected chi connectivity index (χ0v) is 17.3. The van der Waals surface area contributed by atoms with E-state index in [1.807, 2.05) is 6.07 Å². The Hall–Kier alpha value is -3.23. The number of ether oxygens (including phenoxy) is 1. The Labute approximate surface area is 179 Å². The minimum Gasteiger partial charge on any atom is -0.481 e. The molecule has 3 N–H and O–H groups in total. The topological polar surface area (TPSA) is 119 Å². The highest BCUT2D eigenvalue weighted by Crippen LogP contribution is 2.39. The van der Waals surface area contributed by atoms with Gasteiger partial charge in [0.1, 0.15) is 29.6 Å². The Balaban J connectivity index is 1.56. The van der Waals surface area contributed by atoms with Crippen LogP contribution in [-0.4, -0.2) is 39.6 Å². The third-order valence-electron chi connectivity index (χ3n) is 6.10. The predicted molar refractivity (Wildman–Crippen MR) is 112 cm³/mol. The predicted octanol–water partition coefficient (Wildman–Crippen LogP) is 3.37. The van der Waals surface area contributed by atoms with Crippen molar-refractivity contribution in [2.24, 2.45) is 5.92 Å². The van der Waals surface area contributed by atoms with Crippen molar-refractivity contribution in [3.05, 3.63) is 41.5 Å². The van der Waals surface area contributed by atoms with Crippen LogP contribution in [0.2, 0.25) is 0 Å². The van der Waals surface area contributed by atoms with Gasteiger partial charge in [-0.15, -0.1) is 0 Å². The lowest BCUT2D eigenvalue weighted by Crippen LogP contribution is -2.36. The molecule has 1 aromatic carbocycles. The molecule has 1 fully saturated rings. The maximum absolute atomic E-state index is 15.2. The number of aromatic nitrogens is 2. The minimum atomic E-state index is -0.771. The molecule has 2 aromatic rings. The molecule has 8 nitrogen and oxygen atoms in total. The van der Waals surface area contributed by atoms with Gasteiger partial charge in [-0.1, -0.05) is 6.07 Å². The van der Waals surface area contributed by atoms with Crippen molar-refractivity contribution in [2.45, 2.75) is 51.0 Å². The number of carbonyl (C=O) groups excluding carboxylic acids is 1. The summed E-state index contributed by atoms with van der Waals surface area (Å²) < 4.78 is 20.9. The van der Waals surface area contributed by atoms with E-state index in [1.54, 1.807) is 13.0 Å². The number of carboxylic acids is 1. The Morgan fingerprint density at radius 2 is 2.03 bits per heavy atom. The first-order chi connectivity index (χ1) is 14.8. The molecule has 0 saturated heterocycles. The summed E-state index contributed by atoms with van der Waals surface area (Å²) in [6.45, 7) is 1.92. The second kappa shape index (κ2) is 8.49. The van der Waals surface area contributed by atoms with E-state index in [0.717, 1.165) is 31.2 Å². The van der Waals surface area contributed by atoms with Gasteiger partial charge < -0.3 is 20.5 Å². The highest BCUT2D eigenvalue weighted by atomic mass is 19.1. The maximum atomic E-state index is 15.2. The number of aliphatic carboxylic acids is 1. The summed E-state index contributed by atoms with van der Waals surface area (Å²) in [7, 11) is 0. The number of nitrogens with two attached hydrogens (primary N) is 1. The van der Waals surface area contributed by atoms with E-state index in [4.69, 9.17) is 15.6 Å². The monoisotopic (exact) mass is 428 g/mol. The van der Waals surface area contributed by atoms with Crippen molar-refractivity contribution in [1.29, 1.82) is 0 Å². The van der Waals surface area contributed by atoms with Crippen molar-refractivity contribution < 1.29 is 23.8 Å². The van der Waals surface area contributed by atoms with Gasteiger partial charge in [0, 0.05) is 6.42 Å². The lowest BCUT2D eigenvalue weighted by molar-refractivity contribution is -0.138. The molecule has 1 saturated carbocycles. The molecule has 2 heterocycles. The Morgan fingerprint density at radius 1 is 1.29 bits per heavy atom. The van der Waals surface area contributed by atoms with Crippen molar-refractivity contribution in [1.82, 2.24) is 9.97 Å². The highest BCUT2D eigenvalue weighted by Gasteiger charge is 2.33. The van der Waals surface area contributed by atoms with Gasteiger partial charge in [-0.3, -0.25) is 9.59 Å². The van der Waals surface area contributed by atoms with Gasteiger partial charge >= 0.3 is 5.97 Å². The lowest BCUT2D eigenvalue weighted by atomic mass is 9.77. The first-order valence-corrected chi connectivity index (χ1v) is 10.4. The average molecular weight is 428 g/mol. The van der Waals surface area contributed by atoms with Crippen molar-refractivity contribution >= 4 is 23.4 Å². The molecule has 0 spiro atoms. The smallest absolute Gasteiger partial charge is 0.303 e. The van der Waals surface area contributed by atoms with Crippen LogP contribution in [0.4, 0.5) is 15.9 Å². The zero-order chi connectivity index (χ0) is 22.1. The number of hydrogen-bond acceptors (Lipinski definition) is 6. The fourth-order valence-electron chi connectivity index (χ4n) is 4.53. The summed E-state index contributed by atoms with van der Waals surface area (Å²) in [5.74, 6) is -1.32. The molecular formula is C22H25FN4O4. The fourth-order valence-corrected chi connectivity index (χ4v) is 4.53. The van der Waals surface area contributed by atoms with E-state index in [0.29, 0.717) is 0 Å². The number of nitrogens with zero attached hydrogens (tertiary/aromatic N) is 3. The molecule has 1 aromatic heterocycles. The summed E-state index contributed by atoms with van der Waals surface area (Å²) >= 11 is 0. The van der Waals surface area contributed by atoms with Gasteiger partial charge in [0.15, 0.2) is 0 Å². The van der Waals surface area contributed by atoms with Crippen molar-refractivity contribution in [3.63, 3.8) is 0 Å². The molecule has 1 amide bonds. The third kappa shape index (κ3) is 4.30. The molecule has 2 aliphatic rings. The number of rotatable bonds is 4. The molecule has 1 unspecified atom stereocenters. The minimum absolute atomic E-state index is 0.00995. The fraction of sp³-hybridized carbons (Fsp3) is 0.455. The van der Waals surface area contributed by atoms with Gasteiger partial charge in [-0.25, -0.2) is 14.4 Å². The van der Waals surface area contributed by atoms with Crippen LogP contribution in [0.25, 0.3) is 0 Å². The number of carbonyl (C=O) groups is 2. The molecule has 0 bridgehead atoms. The van der Waals surface area contributed by atoms with Gasteiger partial charge in [-0.2, -0.15) is 0 Å². The number of amides is 1. The summed E-state index contributed by atoms with van der Waals surface area (Å²) in [4.78, 5) is 33.2. The number of nitrogen functional groups attached to an aromatic ring is 1. The summed E-state index contributed by atoms with van der Waals surface area (Å²) in [5.41, 5.74) is 6.93. The molecule has 164 valence electrons. The molecule has 0 radical (unpaired) electrons. The number of hydrogen-bond donors (Lipinski definition) is 2. The van der Waals surface area contributed by atoms with Crippen LogP contribution in [0.15, 0.2) is 24.5 Å². The first-order valence-electron chi connectivity index (χ1n) is 10.4. The second-order valence-corrected chi connectivity index (χ2v) is 8.31. The van der Waals surface area contributed by atoms with E-state index in [2.05, 4.69) is 9.97 Å². The standard InChI is InChI=1S/C22H25FN4O4/c1-12-10-27(22(30)19-20(24)25-11-26-21(19)31-12)17-7-6-15(9-16(17)23)14-4-2-13(3-5-14)8-18(28)29/h6-7,9,11-14H,2-5,8,10H2,1H3,(H,28,29)(H2,24,25,26). The van der Waals surface area contributed by atoms with Crippen LogP contribution in [0.3, 0.4) is 0 Å². The van der Waals surface area contributed by atoms with Crippen LogP contribution in [0.5, 0.6) is 5.88 Å². The van der Waals surface area contributed by atoms with Crippen molar-refractivity contribution in [3.8, 4) is 5.88 Å². The van der Waals surface area contributed by atoms with Gasteiger partial charge in [0.25, 0.3) is 5.91 Å². The Morgan fingerprint density at radius 3 is 2.71 bits per heavy atom. The molecule has 31 heavy (non-hydrogen) atoms. The average Bonchev–Trinajstić information content (AvgIpc) is 2.84. The normalized spacial score (nSPS) is 23.6. The quantitative estimate of drug-likeness (QED) is 0.766. The SMILES string of the molecule is CC1CN(c2ccc(C3CCC(CC(=O)O)CC3)cc2F)C(=O)c2c(N)ncnc2O1. The number of halogens is 1. The second-order valence-electron chi connectivity index (χ2n) is 8.31. The molecule has 1 aliphatic heterocycles. The van der Waals surface area contributed by atoms with E-state index >= 15 is 4.39 Å². The molecule has 9 heteroatoms. The number of anilines is 2. The van der Waals surface area contributed by atoms with E-state index in [1.165, 1.54) is 17.3 Å². The van der Waals surface area contributed by atoms with Crippen LogP contribution in [0.1, 0.15) is 60.9 Å². The maximum Gasteiger partial charge on any atom is 0.303 e. The molecule has 1 aliphatic carbocycles. The van der Waals surface area contributed by atoms with Crippen LogP contribution in [-0.2, 0) is 4.79 Å². The molecular weight excluding hydrogens is 403 g/mol. The third-order valence-corrected chi connectivity index (χ3v) is 6.10. The zero-order valence-electron chi connectivity index (χ0n) is 17.3. The van der Waals surface area contributed by atoms with Gasteiger partial charge in [-0.05, 0) is 62.1 Å². The van der Waals surface area contributed by atoms with Crippen LogP contribution >= 0.6 is 0 Å². The van der Waals surface area contributed by atoms with Gasteiger partial charge in [0.05, 0.1) is 12.2 Å². The summed E-state index contributed by atoms with van der Waals surface area (Å²) in [6, 6.07) is 4.94. The number of fused-ring (bicyclic) bond motifs is 1. The van der Waals surface area contributed by atoms with Crippen molar-refractivity contribution in [2.75, 3.05) is 17.2 Å². The Kier molecular flexibility index (Phi) is 5.75.